The first-order valence-electron chi connectivity index (χ1n) is 6.95. The third kappa shape index (κ3) is 5.38. The second kappa shape index (κ2) is 6.93. The molecule has 1 aromatic rings. The molecule has 1 atom stereocenters. The molecule has 3 nitrogen and oxygen atoms in total. The van der Waals surface area contributed by atoms with Crippen LogP contribution in [-0.4, -0.2) is 24.9 Å². The van der Waals surface area contributed by atoms with Gasteiger partial charge in [-0.25, -0.2) is 0 Å². The maximum Gasteiger partial charge on any atom is 0.573 e. The quantitative estimate of drug-likeness (QED) is 0.768. The van der Waals surface area contributed by atoms with Crippen LogP contribution < -0.4 is 4.74 Å². The van der Waals surface area contributed by atoms with Gasteiger partial charge in [0.15, 0.2) is 5.78 Å². The minimum absolute atomic E-state index is 0.0808. The van der Waals surface area contributed by atoms with Crippen LogP contribution in [-0.2, 0) is 4.74 Å². The van der Waals surface area contributed by atoms with E-state index in [1.54, 1.807) is 0 Å². The van der Waals surface area contributed by atoms with E-state index in [2.05, 4.69) is 4.74 Å². The molecule has 1 fully saturated rings. The highest BCUT2D eigenvalue weighted by molar-refractivity contribution is 5.96. The molecule has 0 bridgehead atoms. The molecular formula is C15H17F3O3. The van der Waals surface area contributed by atoms with Crippen LogP contribution in [0.1, 0.15) is 42.5 Å². The molecular weight excluding hydrogens is 285 g/mol. The summed E-state index contributed by atoms with van der Waals surface area (Å²) < 4.78 is 45.8. The van der Waals surface area contributed by atoms with E-state index in [0.29, 0.717) is 13.0 Å². The fraction of sp³-hybridized carbons (Fsp3) is 0.533. The summed E-state index contributed by atoms with van der Waals surface area (Å²) in [5.41, 5.74) is 0.229. The lowest BCUT2D eigenvalue weighted by Crippen LogP contribution is -2.20. The highest BCUT2D eigenvalue weighted by atomic mass is 19.4. The molecule has 0 spiro atoms. The lowest BCUT2D eigenvalue weighted by molar-refractivity contribution is -0.274. The van der Waals surface area contributed by atoms with E-state index < -0.39 is 6.36 Å². The van der Waals surface area contributed by atoms with Gasteiger partial charge in [-0.1, -0.05) is 12.1 Å². The first-order valence-corrected chi connectivity index (χ1v) is 6.95. The van der Waals surface area contributed by atoms with Crippen LogP contribution in [0, 0.1) is 0 Å². The number of alkyl halides is 3. The molecule has 0 saturated carbocycles. The van der Waals surface area contributed by atoms with Crippen molar-refractivity contribution in [3.63, 3.8) is 0 Å². The summed E-state index contributed by atoms with van der Waals surface area (Å²) in [5, 5.41) is 0. The molecule has 2 rings (SSSR count). The van der Waals surface area contributed by atoms with Crippen molar-refractivity contribution < 1.29 is 27.4 Å². The molecule has 1 saturated heterocycles. The topological polar surface area (TPSA) is 35.5 Å². The van der Waals surface area contributed by atoms with Crippen LogP contribution >= 0.6 is 0 Å². The number of carbonyl (C=O) groups excluding carboxylic acids is 1. The molecule has 1 heterocycles. The Labute approximate surface area is 121 Å². The Morgan fingerprint density at radius 1 is 1.33 bits per heavy atom. The van der Waals surface area contributed by atoms with Crippen molar-refractivity contribution >= 4 is 5.78 Å². The van der Waals surface area contributed by atoms with Crippen molar-refractivity contribution in [1.82, 2.24) is 0 Å². The van der Waals surface area contributed by atoms with Gasteiger partial charge in [0.05, 0.1) is 6.10 Å². The van der Waals surface area contributed by atoms with Crippen molar-refractivity contribution in [2.24, 2.45) is 0 Å². The number of rotatable bonds is 5. The van der Waals surface area contributed by atoms with Crippen molar-refractivity contribution in [1.29, 1.82) is 0 Å². The third-order valence-electron chi connectivity index (χ3n) is 3.36. The molecule has 0 radical (unpaired) electrons. The van der Waals surface area contributed by atoms with E-state index in [4.69, 9.17) is 4.74 Å². The van der Waals surface area contributed by atoms with Crippen LogP contribution in [0.2, 0.25) is 0 Å². The summed E-state index contributed by atoms with van der Waals surface area (Å²) in [7, 11) is 0. The number of Topliss-reactive ketones (excluding diaryl/α,β-unsaturated/α-hetero) is 1. The smallest absolute Gasteiger partial charge is 0.406 e. The van der Waals surface area contributed by atoms with Crippen molar-refractivity contribution in [3.05, 3.63) is 29.8 Å². The Bertz CT molecular complexity index is 479. The van der Waals surface area contributed by atoms with Gasteiger partial charge in [-0.05, 0) is 37.8 Å². The second-order valence-electron chi connectivity index (χ2n) is 5.03. The Balaban J connectivity index is 1.91. The molecule has 1 unspecified atom stereocenters. The SMILES string of the molecule is O=C(CCC1CCCCO1)c1cccc(OC(F)(F)F)c1. The van der Waals surface area contributed by atoms with Gasteiger partial charge in [-0.3, -0.25) is 4.79 Å². The van der Waals surface area contributed by atoms with Gasteiger partial charge in [0.2, 0.25) is 0 Å². The second-order valence-corrected chi connectivity index (χ2v) is 5.03. The molecule has 1 aliphatic heterocycles. The molecule has 1 aromatic carbocycles. The van der Waals surface area contributed by atoms with Crippen molar-refractivity contribution in [2.75, 3.05) is 6.61 Å². The molecule has 0 aromatic heterocycles. The predicted molar refractivity (Wildman–Crippen MR) is 70.3 cm³/mol. The average Bonchev–Trinajstić information content (AvgIpc) is 2.44. The minimum atomic E-state index is -4.75. The zero-order valence-corrected chi connectivity index (χ0v) is 11.5. The lowest BCUT2D eigenvalue weighted by atomic mass is 10.0. The highest BCUT2D eigenvalue weighted by Gasteiger charge is 2.31. The molecule has 0 aliphatic carbocycles. The first kappa shape index (κ1) is 15.8. The Morgan fingerprint density at radius 2 is 2.14 bits per heavy atom. The van der Waals surface area contributed by atoms with E-state index in [0.717, 1.165) is 25.3 Å². The van der Waals surface area contributed by atoms with Crippen molar-refractivity contribution in [2.45, 2.75) is 44.6 Å². The van der Waals surface area contributed by atoms with Gasteiger partial charge >= 0.3 is 6.36 Å². The van der Waals surface area contributed by atoms with Crippen LogP contribution in [0.15, 0.2) is 24.3 Å². The summed E-state index contributed by atoms with van der Waals surface area (Å²) in [6.45, 7) is 0.716. The van der Waals surface area contributed by atoms with Crippen LogP contribution in [0.5, 0.6) is 5.75 Å². The Kier molecular flexibility index (Phi) is 5.22. The largest absolute Gasteiger partial charge is 0.573 e. The minimum Gasteiger partial charge on any atom is -0.406 e. The van der Waals surface area contributed by atoms with E-state index in [1.165, 1.54) is 18.2 Å². The molecule has 21 heavy (non-hydrogen) atoms. The van der Waals surface area contributed by atoms with Crippen molar-refractivity contribution in [3.8, 4) is 5.75 Å². The fourth-order valence-corrected chi connectivity index (χ4v) is 2.34. The van der Waals surface area contributed by atoms with Gasteiger partial charge in [-0.2, -0.15) is 0 Å². The maximum absolute atomic E-state index is 12.1. The van der Waals surface area contributed by atoms with Gasteiger partial charge in [0, 0.05) is 18.6 Å². The van der Waals surface area contributed by atoms with Gasteiger partial charge < -0.3 is 9.47 Å². The van der Waals surface area contributed by atoms with Gasteiger partial charge in [0.25, 0.3) is 0 Å². The molecule has 6 heteroatoms. The predicted octanol–water partition coefficient (Wildman–Crippen LogP) is 4.12. The van der Waals surface area contributed by atoms with Crippen LogP contribution in [0.3, 0.4) is 0 Å². The van der Waals surface area contributed by atoms with E-state index in [1.807, 2.05) is 0 Å². The first-order chi connectivity index (χ1) is 9.94. The van der Waals surface area contributed by atoms with Gasteiger partial charge in [-0.15, -0.1) is 13.2 Å². The number of halogens is 3. The lowest BCUT2D eigenvalue weighted by Gasteiger charge is -2.22. The summed E-state index contributed by atoms with van der Waals surface area (Å²) in [6.07, 6.45) is -0.738. The standard InChI is InChI=1S/C15H17F3O3/c16-15(17,18)21-13-6-3-4-11(10-13)14(19)8-7-12-5-1-2-9-20-12/h3-4,6,10,12H,1-2,5,7-9H2. The number of hydrogen-bond acceptors (Lipinski definition) is 3. The normalized spacial score (nSPS) is 19.3. The Hall–Kier alpha value is -1.56. The summed E-state index contributed by atoms with van der Waals surface area (Å²) in [5.74, 6) is -0.570. The van der Waals surface area contributed by atoms with E-state index in [9.17, 15) is 18.0 Å². The number of carbonyl (C=O) groups is 1. The highest BCUT2D eigenvalue weighted by Crippen LogP contribution is 2.24. The molecule has 0 N–H and O–H groups in total. The van der Waals surface area contributed by atoms with E-state index in [-0.39, 0.29) is 29.6 Å². The number of hydrogen-bond donors (Lipinski definition) is 0. The maximum atomic E-state index is 12.1. The fourth-order valence-electron chi connectivity index (χ4n) is 2.34. The summed E-state index contributed by atoms with van der Waals surface area (Å²) in [4.78, 5) is 12.0. The monoisotopic (exact) mass is 302 g/mol. The number of ether oxygens (including phenoxy) is 2. The average molecular weight is 302 g/mol. The van der Waals surface area contributed by atoms with Gasteiger partial charge in [0.1, 0.15) is 5.75 Å². The third-order valence-corrected chi connectivity index (χ3v) is 3.36. The Morgan fingerprint density at radius 3 is 2.81 bits per heavy atom. The van der Waals surface area contributed by atoms with E-state index >= 15 is 0 Å². The van der Waals surface area contributed by atoms with Crippen LogP contribution in [0.4, 0.5) is 13.2 Å². The number of ketones is 1. The molecule has 116 valence electrons. The zero-order chi connectivity index (χ0) is 15.3. The summed E-state index contributed by atoms with van der Waals surface area (Å²) >= 11 is 0. The van der Waals surface area contributed by atoms with Crippen LogP contribution in [0.25, 0.3) is 0 Å². The summed E-state index contributed by atoms with van der Waals surface area (Å²) in [6, 6.07) is 5.17. The number of benzene rings is 1. The molecule has 0 amide bonds. The zero-order valence-electron chi connectivity index (χ0n) is 11.5. The molecule has 1 aliphatic rings.